The number of hydrogen-bond acceptors (Lipinski definition) is 14. The fourth-order valence-corrected chi connectivity index (χ4v) is 9.54. The number of carbonyl (C=O) groups excluding carboxylic acids is 3. The molecule has 0 saturated carbocycles. The highest BCUT2D eigenvalue weighted by Crippen LogP contribution is 2.46. The van der Waals surface area contributed by atoms with Gasteiger partial charge in [0.05, 0.1) is 37.6 Å². The van der Waals surface area contributed by atoms with Gasteiger partial charge in [0.1, 0.15) is 35.4 Å². The molecular weight excluding hydrogens is 774 g/mol. The van der Waals surface area contributed by atoms with E-state index in [0.29, 0.717) is 36.2 Å². The summed E-state index contributed by atoms with van der Waals surface area (Å²) in [5.74, 6) is -7.60. The highest BCUT2D eigenvalue weighted by molar-refractivity contribution is 8.00. The Labute approximate surface area is 319 Å². The number of aliphatic carboxylic acids is 3. The number of nitrogens with two attached hydrogens (primary N) is 1. The minimum atomic E-state index is -1.95. The summed E-state index contributed by atoms with van der Waals surface area (Å²) in [6, 6.07) is 1.18. The van der Waals surface area contributed by atoms with E-state index in [0.717, 1.165) is 41.7 Å². The van der Waals surface area contributed by atoms with Crippen LogP contribution in [0.15, 0.2) is 33.9 Å². The van der Waals surface area contributed by atoms with E-state index in [4.69, 9.17) is 27.3 Å². The number of phenolic OH excluding ortho intramolecular Hbond substituents is 2. The number of hydrogen-bond donors (Lipinski definition) is 7. The number of nitrogens with zero attached hydrogens (tertiary/aromatic N) is 5. The molecule has 1 aromatic carbocycles. The van der Waals surface area contributed by atoms with Gasteiger partial charge in [-0.15, -0.1) is 23.1 Å². The molecule has 54 heavy (non-hydrogen) atoms. The monoisotopic (exact) mass is 808 g/mol. The van der Waals surface area contributed by atoms with Gasteiger partial charge in [-0.2, -0.15) is 0 Å². The molecule has 1 aromatic heterocycles. The number of piperazine rings is 1. The molecule has 19 nitrogen and oxygen atoms in total. The zero-order valence-electron chi connectivity index (χ0n) is 28.4. The Morgan fingerprint density at radius 3 is 2.56 bits per heavy atom. The number of aromatic hydroxyl groups is 2. The lowest BCUT2D eigenvalue weighted by Crippen LogP contribution is -2.72. The van der Waals surface area contributed by atoms with Crippen molar-refractivity contribution in [1.29, 1.82) is 0 Å². The number of thioether (sulfide) groups is 1. The number of halogens is 1. The number of phenols is 2. The van der Waals surface area contributed by atoms with Crippen LogP contribution in [-0.2, 0) is 28.8 Å². The molecule has 8 N–H and O–H groups in total. The van der Waals surface area contributed by atoms with Crippen molar-refractivity contribution >= 4 is 81.2 Å². The number of nitrogen functional groups attached to an aromatic ring is 1. The Balaban J connectivity index is 1.20. The molecule has 6 rings (SSSR count). The average molecular weight is 809 g/mol. The number of nitrogens with one attached hydrogen (secondary N) is 1. The van der Waals surface area contributed by atoms with E-state index in [-0.39, 0.29) is 39.1 Å². The van der Waals surface area contributed by atoms with E-state index < -0.39 is 76.1 Å². The summed E-state index contributed by atoms with van der Waals surface area (Å²) in [6.45, 7) is 4.03. The molecule has 2 aromatic rings. The molecule has 6 unspecified atom stereocenters. The first-order chi connectivity index (χ1) is 25.5. The van der Waals surface area contributed by atoms with E-state index in [1.807, 2.05) is 6.92 Å². The Morgan fingerprint density at radius 2 is 1.93 bits per heavy atom. The first kappa shape index (κ1) is 38.6. The van der Waals surface area contributed by atoms with Crippen LogP contribution >= 0.6 is 34.7 Å². The lowest BCUT2D eigenvalue weighted by Gasteiger charge is -2.53. The smallest absolute Gasteiger partial charge is 0.352 e. The third-order valence-electron chi connectivity index (χ3n) is 10.0. The van der Waals surface area contributed by atoms with Crippen LogP contribution in [0.1, 0.15) is 42.2 Å². The third-order valence-corrected chi connectivity index (χ3v) is 12.4. The van der Waals surface area contributed by atoms with Crippen LogP contribution in [0, 0.1) is 0 Å². The van der Waals surface area contributed by atoms with Crippen molar-refractivity contribution in [3.05, 3.63) is 45.1 Å². The van der Waals surface area contributed by atoms with E-state index in [9.17, 15) is 49.2 Å². The number of β-lactam (4-membered cyclic amide) rings is 1. The fraction of sp³-hybridized carbons (Fsp3) is 0.438. The van der Waals surface area contributed by atoms with Gasteiger partial charge in [-0.25, -0.2) is 14.6 Å². The van der Waals surface area contributed by atoms with Crippen LogP contribution in [0.25, 0.3) is 0 Å². The SMILES string of the molecule is CC1SC2C(NC(=O)C(=NOC(CC(=O)O)C(=O)O)c3csc(N)n3)C(=O)N2C(C(=O)O)=C1C[N+]12CCCC1CN(C(=O)c1cc(O)c(O)c(Cl)c1)CC2. The zero-order valence-corrected chi connectivity index (χ0v) is 30.8. The number of aromatic nitrogens is 1. The van der Waals surface area contributed by atoms with Gasteiger partial charge >= 0.3 is 17.9 Å². The van der Waals surface area contributed by atoms with E-state index in [2.05, 4.69) is 15.5 Å². The molecule has 0 spiro atoms. The van der Waals surface area contributed by atoms with Gasteiger partial charge in [-0.1, -0.05) is 16.8 Å². The first-order valence-electron chi connectivity index (χ1n) is 16.5. The maximum atomic E-state index is 13.6. The van der Waals surface area contributed by atoms with Crippen LogP contribution in [0.3, 0.4) is 0 Å². The van der Waals surface area contributed by atoms with Crippen LogP contribution in [0.4, 0.5) is 5.13 Å². The number of oxime groups is 1. The topological polar surface area (TPSA) is 283 Å². The maximum absolute atomic E-state index is 13.6. The summed E-state index contributed by atoms with van der Waals surface area (Å²) >= 11 is 8.20. The van der Waals surface area contributed by atoms with Gasteiger partial charge in [0.15, 0.2) is 22.3 Å². The number of carbonyl (C=O) groups is 6. The Hall–Kier alpha value is -5.12. The second-order valence-corrected chi connectivity index (χ2v) is 16.0. The zero-order chi connectivity index (χ0) is 39.2. The Morgan fingerprint density at radius 1 is 1.19 bits per heavy atom. The summed E-state index contributed by atoms with van der Waals surface area (Å²) in [7, 11) is 0. The summed E-state index contributed by atoms with van der Waals surface area (Å²) < 4.78 is 0.505. The molecule has 4 aliphatic rings. The molecular formula is C32H35ClN7O12S2+. The predicted octanol–water partition coefficient (Wildman–Crippen LogP) is 0.701. The van der Waals surface area contributed by atoms with Crippen molar-refractivity contribution in [2.45, 2.75) is 55.0 Å². The Kier molecular flexibility index (Phi) is 10.7. The largest absolute Gasteiger partial charge is 0.504 e. The highest BCUT2D eigenvalue weighted by atomic mass is 35.5. The maximum Gasteiger partial charge on any atom is 0.352 e. The minimum absolute atomic E-state index is 0.0272. The first-order valence-corrected chi connectivity index (χ1v) is 18.7. The molecule has 0 bridgehead atoms. The van der Waals surface area contributed by atoms with Gasteiger partial charge in [0.25, 0.3) is 17.7 Å². The molecule has 0 aliphatic carbocycles. The predicted molar refractivity (Wildman–Crippen MR) is 191 cm³/mol. The quantitative estimate of drug-likeness (QED) is 0.0511. The van der Waals surface area contributed by atoms with Crippen molar-refractivity contribution in [2.24, 2.45) is 5.16 Å². The Bertz CT molecular complexity index is 1990. The van der Waals surface area contributed by atoms with Gasteiger partial charge in [-0.3, -0.25) is 24.1 Å². The molecule has 22 heteroatoms. The minimum Gasteiger partial charge on any atom is -0.504 e. The fourth-order valence-electron chi connectivity index (χ4n) is 7.34. The summed E-state index contributed by atoms with van der Waals surface area (Å²) in [5, 5.41) is 54.7. The van der Waals surface area contributed by atoms with Crippen LogP contribution in [0.2, 0.25) is 5.02 Å². The van der Waals surface area contributed by atoms with Crippen molar-refractivity contribution in [2.75, 3.05) is 38.5 Å². The molecule has 3 fully saturated rings. The molecule has 5 heterocycles. The van der Waals surface area contributed by atoms with Crippen LogP contribution < -0.4 is 11.1 Å². The van der Waals surface area contributed by atoms with Crippen molar-refractivity contribution in [1.82, 2.24) is 20.1 Å². The molecule has 3 amide bonds. The number of quaternary nitrogens is 1. The molecule has 3 saturated heterocycles. The average Bonchev–Trinajstić information content (AvgIpc) is 3.74. The number of carboxylic acid groups (broad SMARTS) is 3. The van der Waals surface area contributed by atoms with Crippen molar-refractivity contribution < 1.29 is 63.6 Å². The molecule has 0 radical (unpaired) electrons. The van der Waals surface area contributed by atoms with Crippen LogP contribution in [0.5, 0.6) is 11.5 Å². The number of carboxylic acids is 3. The van der Waals surface area contributed by atoms with E-state index >= 15 is 0 Å². The standard InChI is InChI=1S/C32H34ClN7O12S2/c1-13-16(11-40-5-2-3-15(40)10-38(4-6-40)27(46)14-7-17(33)25(44)19(41)8-14)24(31(50)51)39-28(47)23(29(39)54-13)36-26(45)22(18-12-53-32(34)35-18)37-52-20(30(48)49)9-21(42)43/h7-8,12-13,15,20,23,29H,2-6,9-11H2,1H3,(H7-,34,35,36,37,41,42,43,44,45,46,48,49,50,51)/p+1. The summed E-state index contributed by atoms with van der Waals surface area (Å²) in [5.41, 5.74) is 5.48. The van der Waals surface area contributed by atoms with E-state index in [1.165, 1.54) is 23.2 Å². The number of anilines is 1. The summed E-state index contributed by atoms with van der Waals surface area (Å²) in [4.78, 5) is 87.7. The number of fused-ring (bicyclic) bond motifs is 2. The molecule has 6 atom stereocenters. The van der Waals surface area contributed by atoms with E-state index in [1.54, 1.807) is 4.90 Å². The second kappa shape index (κ2) is 15.0. The number of rotatable bonds is 12. The molecule has 288 valence electrons. The number of thiazole rings is 1. The lowest BCUT2D eigenvalue weighted by atomic mass is 9.98. The van der Waals surface area contributed by atoms with Gasteiger partial charge in [0, 0.05) is 34.6 Å². The number of amides is 3. The summed E-state index contributed by atoms with van der Waals surface area (Å²) in [6.07, 6.45) is -1.32. The van der Waals surface area contributed by atoms with Gasteiger partial charge in [-0.05, 0) is 19.1 Å². The normalized spacial score (nSPS) is 25.7. The van der Waals surface area contributed by atoms with Gasteiger partial charge < -0.3 is 50.8 Å². The van der Waals surface area contributed by atoms with Crippen molar-refractivity contribution in [3.63, 3.8) is 0 Å². The highest BCUT2D eigenvalue weighted by Gasteiger charge is 2.58. The van der Waals surface area contributed by atoms with Gasteiger partial charge in [0.2, 0.25) is 6.10 Å². The van der Waals surface area contributed by atoms with Crippen molar-refractivity contribution in [3.8, 4) is 11.5 Å². The lowest BCUT2D eigenvalue weighted by molar-refractivity contribution is -0.938. The second-order valence-electron chi connectivity index (χ2n) is 13.2. The number of benzene rings is 1. The van der Waals surface area contributed by atoms with Crippen LogP contribution in [-0.4, -0.2) is 148 Å². The molecule has 4 aliphatic heterocycles. The third kappa shape index (κ3) is 7.22.